The molecular formula is C46H29NS2. The molecule has 0 unspecified atom stereocenters. The second-order valence-electron chi connectivity index (χ2n) is 12.6. The molecule has 0 aliphatic heterocycles. The van der Waals surface area contributed by atoms with Gasteiger partial charge in [-0.05, 0) is 93.7 Å². The number of thiophene rings is 2. The number of benzene rings is 8. The number of hydrogen-bond donors (Lipinski definition) is 0. The van der Waals surface area contributed by atoms with Crippen LogP contribution in [0.1, 0.15) is 0 Å². The van der Waals surface area contributed by atoms with Crippen LogP contribution in [-0.4, -0.2) is 0 Å². The first-order chi connectivity index (χ1) is 24.3. The molecule has 3 heteroatoms. The minimum atomic E-state index is 1.13. The molecule has 0 amide bonds. The standard InChI is InChI=1S/C46H29NS2/c1-2-9-30(10-3-1)33-11-8-12-36(27-33)47(37-24-25-39-38-13-4-6-15-42(38)49-45(39)29-37)35-22-19-31(20-23-35)34-18-17-32-21-26-44-46(41(32)28-34)40-14-5-7-16-43(40)48-44/h1-29H. The zero-order chi connectivity index (χ0) is 32.3. The third kappa shape index (κ3) is 4.82. The minimum Gasteiger partial charge on any atom is -0.310 e. The molecule has 2 aromatic heterocycles. The average molecular weight is 660 g/mol. The summed E-state index contributed by atoms with van der Waals surface area (Å²) in [5.41, 5.74) is 8.25. The average Bonchev–Trinajstić information content (AvgIpc) is 3.74. The van der Waals surface area contributed by atoms with Crippen LogP contribution in [0.3, 0.4) is 0 Å². The van der Waals surface area contributed by atoms with Crippen molar-refractivity contribution in [3.8, 4) is 22.3 Å². The molecule has 0 fully saturated rings. The first-order valence-corrected chi connectivity index (χ1v) is 18.2. The van der Waals surface area contributed by atoms with Gasteiger partial charge in [0.1, 0.15) is 0 Å². The molecule has 49 heavy (non-hydrogen) atoms. The van der Waals surface area contributed by atoms with Crippen LogP contribution in [0.15, 0.2) is 176 Å². The topological polar surface area (TPSA) is 3.24 Å². The molecule has 0 saturated heterocycles. The third-order valence-corrected chi connectivity index (χ3v) is 11.9. The molecule has 0 aliphatic carbocycles. The van der Waals surface area contributed by atoms with Crippen molar-refractivity contribution >= 4 is 90.9 Å². The smallest absolute Gasteiger partial charge is 0.0476 e. The van der Waals surface area contributed by atoms with E-state index in [9.17, 15) is 0 Å². The molecule has 0 saturated carbocycles. The first-order valence-electron chi connectivity index (χ1n) is 16.6. The van der Waals surface area contributed by atoms with Crippen LogP contribution in [0.4, 0.5) is 17.1 Å². The van der Waals surface area contributed by atoms with E-state index in [1.54, 1.807) is 0 Å². The summed E-state index contributed by atoms with van der Waals surface area (Å²) in [5.74, 6) is 0. The van der Waals surface area contributed by atoms with Gasteiger partial charge in [0, 0.05) is 57.4 Å². The van der Waals surface area contributed by atoms with Crippen LogP contribution in [-0.2, 0) is 0 Å². The van der Waals surface area contributed by atoms with Crippen LogP contribution >= 0.6 is 22.7 Å². The molecule has 10 aromatic rings. The highest BCUT2D eigenvalue weighted by Crippen LogP contribution is 2.43. The van der Waals surface area contributed by atoms with Gasteiger partial charge in [-0.15, -0.1) is 22.7 Å². The van der Waals surface area contributed by atoms with Crippen molar-refractivity contribution in [2.24, 2.45) is 0 Å². The Hall–Kier alpha value is -5.74. The van der Waals surface area contributed by atoms with Crippen molar-refractivity contribution in [1.82, 2.24) is 0 Å². The van der Waals surface area contributed by atoms with Gasteiger partial charge in [-0.25, -0.2) is 0 Å². The highest BCUT2D eigenvalue weighted by atomic mass is 32.1. The van der Waals surface area contributed by atoms with Crippen molar-refractivity contribution in [3.63, 3.8) is 0 Å². The van der Waals surface area contributed by atoms with Gasteiger partial charge in [-0.1, -0.05) is 115 Å². The van der Waals surface area contributed by atoms with E-state index in [1.165, 1.54) is 73.4 Å². The van der Waals surface area contributed by atoms with Crippen LogP contribution in [0, 0.1) is 0 Å². The van der Waals surface area contributed by atoms with Gasteiger partial charge in [0.2, 0.25) is 0 Å². The lowest BCUT2D eigenvalue weighted by Gasteiger charge is -2.26. The Morgan fingerprint density at radius 2 is 0.898 bits per heavy atom. The zero-order valence-corrected chi connectivity index (χ0v) is 28.1. The number of nitrogens with zero attached hydrogens (tertiary/aromatic N) is 1. The van der Waals surface area contributed by atoms with Gasteiger partial charge in [0.25, 0.3) is 0 Å². The van der Waals surface area contributed by atoms with E-state index >= 15 is 0 Å². The zero-order valence-electron chi connectivity index (χ0n) is 26.5. The van der Waals surface area contributed by atoms with Crippen LogP contribution in [0.2, 0.25) is 0 Å². The predicted molar refractivity (Wildman–Crippen MR) is 215 cm³/mol. The van der Waals surface area contributed by atoms with E-state index in [1.807, 2.05) is 22.7 Å². The number of fused-ring (bicyclic) bond motifs is 8. The van der Waals surface area contributed by atoms with E-state index in [2.05, 4.69) is 181 Å². The monoisotopic (exact) mass is 659 g/mol. The van der Waals surface area contributed by atoms with E-state index in [0.29, 0.717) is 0 Å². The summed E-state index contributed by atoms with van der Waals surface area (Å²) < 4.78 is 5.29. The highest BCUT2D eigenvalue weighted by Gasteiger charge is 2.16. The normalized spacial score (nSPS) is 11.7. The third-order valence-electron chi connectivity index (χ3n) is 9.65. The maximum absolute atomic E-state index is 2.39. The highest BCUT2D eigenvalue weighted by molar-refractivity contribution is 7.26. The summed E-state index contributed by atoms with van der Waals surface area (Å²) in [7, 11) is 0. The maximum Gasteiger partial charge on any atom is 0.0476 e. The first kappa shape index (κ1) is 28.3. The Morgan fingerprint density at radius 3 is 1.76 bits per heavy atom. The van der Waals surface area contributed by atoms with E-state index in [4.69, 9.17) is 0 Å². The Kier molecular flexibility index (Phi) is 6.61. The van der Waals surface area contributed by atoms with Crippen LogP contribution < -0.4 is 4.90 Å². The van der Waals surface area contributed by atoms with Crippen molar-refractivity contribution in [2.75, 3.05) is 4.90 Å². The van der Waals surface area contributed by atoms with Gasteiger partial charge in [-0.3, -0.25) is 0 Å². The molecule has 0 atom stereocenters. The summed E-state index contributed by atoms with van der Waals surface area (Å²) in [4.78, 5) is 2.39. The summed E-state index contributed by atoms with van der Waals surface area (Å²) in [6.07, 6.45) is 0. The minimum absolute atomic E-state index is 1.13. The van der Waals surface area contributed by atoms with Crippen molar-refractivity contribution < 1.29 is 0 Å². The molecule has 10 rings (SSSR count). The van der Waals surface area contributed by atoms with E-state index in [-0.39, 0.29) is 0 Å². The Bertz CT molecular complexity index is 2830. The lowest BCUT2D eigenvalue weighted by molar-refractivity contribution is 1.29. The second-order valence-corrected chi connectivity index (χ2v) is 14.7. The second kappa shape index (κ2) is 11.5. The summed E-state index contributed by atoms with van der Waals surface area (Å²) in [6, 6.07) is 64.4. The van der Waals surface area contributed by atoms with Crippen molar-refractivity contribution in [2.45, 2.75) is 0 Å². The Balaban J connectivity index is 1.10. The number of hydrogen-bond acceptors (Lipinski definition) is 3. The molecule has 1 nitrogen and oxygen atoms in total. The van der Waals surface area contributed by atoms with E-state index < -0.39 is 0 Å². The molecule has 2 heterocycles. The molecule has 0 spiro atoms. The van der Waals surface area contributed by atoms with Gasteiger partial charge >= 0.3 is 0 Å². The molecule has 0 radical (unpaired) electrons. The lowest BCUT2D eigenvalue weighted by atomic mass is 9.98. The Labute approximate surface area is 292 Å². The van der Waals surface area contributed by atoms with Gasteiger partial charge in [-0.2, -0.15) is 0 Å². The number of anilines is 3. The van der Waals surface area contributed by atoms with Crippen molar-refractivity contribution in [3.05, 3.63) is 176 Å². The largest absolute Gasteiger partial charge is 0.310 e. The predicted octanol–water partition coefficient (Wildman–Crippen LogP) is 14.4. The fourth-order valence-corrected chi connectivity index (χ4v) is 9.54. The molecule has 0 bridgehead atoms. The van der Waals surface area contributed by atoms with Gasteiger partial charge in [0.05, 0.1) is 0 Å². The molecule has 0 N–H and O–H groups in total. The number of rotatable bonds is 5. The van der Waals surface area contributed by atoms with Crippen LogP contribution in [0.25, 0.3) is 73.4 Å². The van der Waals surface area contributed by atoms with Crippen LogP contribution in [0.5, 0.6) is 0 Å². The molecule has 0 aliphatic rings. The lowest BCUT2D eigenvalue weighted by Crippen LogP contribution is -2.09. The molecule has 230 valence electrons. The van der Waals surface area contributed by atoms with Crippen molar-refractivity contribution in [1.29, 1.82) is 0 Å². The Morgan fingerprint density at radius 1 is 0.306 bits per heavy atom. The van der Waals surface area contributed by atoms with E-state index in [0.717, 1.165) is 17.1 Å². The summed E-state index contributed by atoms with van der Waals surface area (Å²) >= 11 is 3.74. The SMILES string of the molecule is c1ccc(-c2cccc(N(c3ccc(-c4ccc5ccc6sc7ccccc7c6c5c4)cc3)c3ccc4c(c3)sc3ccccc34)c2)cc1. The fraction of sp³-hybridized carbons (Fsp3) is 0. The summed E-state index contributed by atoms with van der Waals surface area (Å²) in [6.45, 7) is 0. The molecule has 8 aromatic carbocycles. The maximum atomic E-state index is 2.39. The summed E-state index contributed by atoms with van der Waals surface area (Å²) in [5, 5.41) is 7.91. The van der Waals surface area contributed by atoms with Gasteiger partial charge in [0.15, 0.2) is 0 Å². The fourth-order valence-electron chi connectivity index (χ4n) is 7.28. The molecular weight excluding hydrogens is 631 g/mol. The van der Waals surface area contributed by atoms with Gasteiger partial charge < -0.3 is 4.90 Å². The quantitative estimate of drug-likeness (QED) is 0.178.